The Balaban J connectivity index is 1.36. The average molecular weight is 705 g/mol. The van der Waals surface area contributed by atoms with Crippen LogP contribution in [0.1, 0.15) is 29.8 Å². The number of hydrogen-bond acceptors (Lipinski definition) is 9. The van der Waals surface area contributed by atoms with Crippen molar-refractivity contribution >= 4 is 57.6 Å². The number of aryl methyl sites for hydroxylation is 1. The standard InChI is InChI=1S/C33H31Cl2N9O5/c1-18-12-43(13-19(2)49-18)27-9-26(25(35)11-37-27)40-28(45)16-44-15-23(21-7-22(31(36)47)30(46)24(34)8-21)29-32(44)38-17-42(33(29)48)6-4-5-20-10-39-41(3)14-20/h7-11,14-15,17-19,46H,6,12-13,16H2,1-3H3,(H2,36,47)(H,37,40,45)/t18-,19+. The predicted octanol–water partition coefficient (Wildman–Crippen LogP) is 3.41. The van der Waals surface area contributed by atoms with Gasteiger partial charge in [0.05, 0.1) is 63.4 Å². The second-order valence-electron chi connectivity index (χ2n) is 11.7. The van der Waals surface area contributed by atoms with Crippen LogP contribution in [0.2, 0.25) is 10.0 Å². The van der Waals surface area contributed by atoms with Crippen LogP contribution in [-0.4, -0.2) is 71.1 Å². The first-order valence-corrected chi connectivity index (χ1v) is 15.9. The monoisotopic (exact) mass is 703 g/mol. The Morgan fingerprint density at radius 1 is 1.08 bits per heavy atom. The number of fused-ring (bicyclic) bond motifs is 1. The van der Waals surface area contributed by atoms with E-state index in [2.05, 4.69) is 37.1 Å². The van der Waals surface area contributed by atoms with Crippen LogP contribution in [0.3, 0.4) is 0 Å². The molecule has 252 valence electrons. The summed E-state index contributed by atoms with van der Waals surface area (Å²) in [6, 6.07) is 4.43. The summed E-state index contributed by atoms with van der Waals surface area (Å²) >= 11 is 12.7. The summed E-state index contributed by atoms with van der Waals surface area (Å²) in [5.41, 5.74) is 6.63. The van der Waals surface area contributed by atoms with Crippen molar-refractivity contribution in [1.82, 2.24) is 28.9 Å². The number of ether oxygens (including phenoxy) is 1. The zero-order chi connectivity index (χ0) is 35.0. The molecule has 0 saturated carbocycles. The first kappa shape index (κ1) is 33.5. The molecule has 0 radical (unpaired) electrons. The zero-order valence-electron chi connectivity index (χ0n) is 26.6. The largest absolute Gasteiger partial charge is 0.506 e. The molecule has 1 saturated heterocycles. The molecule has 1 aromatic carbocycles. The number of aromatic hydroxyl groups is 1. The molecule has 1 aliphatic rings. The number of halogens is 2. The van der Waals surface area contributed by atoms with Crippen LogP contribution in [0, 0.1) is 11.8 Å². The van der Waals surface area contributed by atoms with Gasteiger partial charge in [0.15, 0.2) is 0 Å². The first-order chi connectivity index (χ1) is 23.4. The Morgan fingerprint density at radius 2 is 1.84 bits per heavy atom. The lowest BCUT2D eigenvalue weighted by Crippen LogP contribution is -2.45. The van der Waals surface area contributed by atoms with Crippen molar-refractivity contribution in [2.45, 2.75) is 39.1 Å². The maximum atomic E-state index is 13.9. The van der Waals surface area contributed by atoms with Crippen LogP contribution < -0.4 is 21.5 Å². The van der Waals surface area contributed by atoms with E-state index in [9.17, 15) is 19.5 Å². The number of hydrogen-bond donors (Lipinski definition) is 3. The van der Waals surface area contributed by atoms with Gasteiger partial charge >= 0.3 is 0 Å². The number of carbonyl (C=O) groups excluding carboxylic acids is 2. The molecule has 49 heavy (non-hydrogen) atoms. The molecule has 2 atom stereocenters. The van der Waals surface area contributed by atoms with E-state index in [1.54, 1.807) is 36.4 Å². The van der Waals surface area contributed by atoms with Crippen molar-refractivity contribution in [3.05, 3.63) is 80.8 Å². The number of morpholine rings is 1. The van der Waals surface area contributed by atoms with Gasteiger partial charge in [-0.1, -0.05) is 35.0 Å². The zero-order valence-corrected chi connectivity index (χ0v) is 28.2. The number of amides is 2. The summed E-state index contributed by atoms with van der Waals surface area (Å²) in [5, 5.41) is 17.5. The minimum absolute atomic E-state index is 0.00305. The second kappa shape index (κ2) is 13.6. The summed E-state index contributed by atoms with van der Waals surface area (Å²) in [6.45, 7) is 4.96. The summed E-state index contributed by atoms with van der Waals surface area (Å²) in [5.74, 6) is 4.68. The lowest BCUT2D eigenvalue weighted by atomic mass is 10.0. The highest BCUT2D eigenvalue weighted by atomic mass is 35.5. The molecular weight excluding hydrogens is 673 g/mol. The highest BCUT2D eigenvalue weighted by Gasteiger charge is 2.25. The predicted molar refractivity (Wildman–Crippen MR) is 185 cm³/mol. The highest BCUT2D eigenvalue weighted by Crippen LogP contribution is 2.36. The number of nitrogens with two attached hydrogens (primary N) is 1. The lowest BCUT2D eigenvalue weighted by Gasteiger charge is -2.36. The molecule has 4 N–H and O–H groups in total. The number of carbonyl (C=O) groups is 2. The molecule has 0 bridgehead atoms. The minimum atomic E-state index is -0.917. The number of aromatic nitrogens is 6. The Hall–Kier alpha value is -5.36. The van der Waals surface area contributed by atoms with E-state index in [0.717, 1.165) is 0 Å². The van der Waals surface area contributed by atoms with E-state index >= 15 is 0 Å². The van der Waals surface area contributed by atoms with Crippen LogP contribution in [-0.2, 0) is 29.7 Å². The van der Waals surface area contributed by atoms with E-state index in [-0.39, 0.29) is 51.9 Å². The number of nitrogens with one attached hydrogen (secondary N) is 1. The number of anilines is 2. The number of primary amides is 1. The van der Waals surface area contributed by atoms with Crippen molar-refractivity contribution < 1.29 is 19.4 Å². The Bertz CT molecular complexity index is 2220. The van der Waals surface area contributed by atoms with Crippen molar-refractivity contribution in [3.8, 4) is 28.7 Å². The number of benzene rings is 1. The molecule has 6 rings (SSSR count). The van der Waals surface area contributed by atoms with Crippen LogP contribution in [0.25, 0.3) is 22.2 Å². The summed E-state index contributed by atoms with van der Waals surface area (Å²) in [4.78, 5) is 50.6. The van der Waals surface area contributed by atoms with Gasteiger partial charge in [0.2, 0.25) is 5.91 Å². The third-order valence-electron chi connectivity index (χ3n) is 7.84. The maximum absolute atomic E-state index is 13.9. The lowest BCUT2D eigenvalue weighted by molar-refractivity contribution is -0.116. The van der Waals surface area contributed by atoms with Gasteiger partial charge in [-0.15, -0.1) is 0 Å². The molecule has 5 aromatic rings. The van der Waals surface area contributed by atoms with E-state index in [4.69, 9.17) is 33.7 Å². The second-order valence-corrected chi connectivity index (χ2v) is 12.5. The molecule has 1 fully saturated rings. The van der Waals surface area contributed by atoms with Crippen molar-refractivity contribution in [2.75, 3.05) is 23.3 Å². The van der Waals surface area contributed by atoms with E-state index in [1.165, 1.54) is 33.8 Å². The fourth-order valence-corrected chi connectivity index (χ4v) is 6.10. The van der Waals surface area contributed by atoms with Crippen molar-refractivity contribution in [2.24, 2.45) is 12.8 Å². The number of pyridine rings is 1. The van der Waals surface area contributed by atoms with Crippen LogP contribution in [0.5, 0.6) is 5.75 Å². The molecule has 2 amide bonds. The van der Waals surface area contributed by atoms with Gasteiger partial charge < -0.3 is 30.4 Å². The van der Waals surface area contributed by atoms with Crippen LogP contribution in [0.15, 0.2) is 54.1 Å². The minimum Gasteiger partial charge on any atom is -0.506 e. The number of nitrogens with zero attached hydrogens (tertiary/aromatic N) is 7. The molecular formula is C33H31Cl2N9O5. The summed E-state index contributed by atoms with van der Waals surface area (Å²) in [6.07, 6.45) is 7.73. The van der Waals surface area contributed by atoms with Gasteiger partial charge in [-0.05, 0) is 31.5 Å². The third-order valence-corrected chi connectivity index (χ3v) is 8.43. The smallest absolute Gasteiger partial charge is 0.264 e. The molecule has 4 aromatic heterocycles. The molecule has 1 aliphatic heterocycles. The fraction of sp³-hybridized carbons (Fsp3) is 0.273. The van der Waals surface area contributed by atoms with E-state index < -0.39 is 23.1 Å². The normalized spacial score (nSPS) is 16.0. The van der Waals surface area contributed by atoms with E-state index in [0.29, 0.717) is 41.3 Å². The number of rotatable bonds is 7. The quantitative estimate of drug-likeness (QED) is 0.215. The molecule has 16 heteroatoms. The Morgan fingerprint density at radius 3 is 2.53 bits per heavy atom. The van der Waals surface area contributed by atoms with Gasteiger partial charge in [0, 0.05) is 44.2 Å². The Kier molecular flexibility index (Phi) is 9.33. The van der Waals surface area contributed by atoms with Crippen molar-refractivity contribution in [3.63, 3.8) is 0 Å². The Labute approximate surface area is 290 Å². The number of phenols is 1. The van der Waals surface area contributed by atoms with Gasteiger partial charge in [0.1, 0.15) is 30.1 Å². The fourth-order valence-electron chi connectivity index (χ4n) is 5.73. The van der Waals surface area contributed by atoms with Gasteiger partial charge in [-0.2, -0.15) is 5.10 Å². The average Bonchev–Trinajstić information content (AvgIpc) is 3.63. The topological polar surface area (TPSA) is 175 Å². The van der Waals surface area contributed by atoms with Gasteiger partial charge in [-0.25, -0.2) is 9.97 Å². The maximum Gasteiger partial charge on any atom is 0.264 e. The van der Waals surface area contributed by atoms with Crippen LogP contribution in [0.4, 0.5) is 11.5 Å². The van der Waals surface area contributed by atoms with Crippen LogP contribution >= 0.6 is 23.2 Å². The summed E-state index contributed by atoms with van der Waals surface area (Å²) < 4.78 is 10.3. The molecule has 0 spiro atoms. The van der Waals surface area contributed by atoms with Crippen molar-refractivity contribution in [1.29, 1.82) is 0 Å². The van der Waals surface area contributed by atoms with Gasteiger partial charge in [-0.3, -0.25) is 23.6 Å². The highest BCUT2D eigenvalue weighted by molar-refractivity contribution is 6.34. The first-order valence-electron chi connectivity index (χ1n) is 15.1. The third kappa shape index (κ3) is 7.09. The molecule has 0 unspecified atom stereocenters. The molecule has 0 aliphatic carbocycles. The van der Waals surface area contributed by atoms with E-state index in [1.807, 2.05) is 13.8 Å². The molecule has 14 nitrogen and oxygen atoms in total. The molecule has 5 heterocycles. The summed E-state index contributed by atoms with van der Waals surface area (Å²) in [7, 11) is 1.77. The van der Waals surface area contributed by atoms with Gasteiger partial charge in [0.25, 0.3) is 11.5 Å². The SMILES string of the molecule is C[C@@H]1CN(c2cc(NC(=O)Cn3cc(-c4cc(Cl)c(O)c(C(N)=O)c4)c4c(=O)n(CC#Cc5cnn(C)c5)cnc43)c(Cl)cn2)C[C@H](C)O1.